The molecule has 0 aliphatic heterocycles. The summed E-state index contributed by atoms with van der Waals surface area (Å²) < 4.78 is 0. The molecule has 3 heteroatoms. The van der Waals surface area contributed by atoms with Crippen LogP contribution in [0, 0.1) is 12.5 Å². The van der Waals surface area contributed by atoms with Crippen LogP contribution in [-0.2, 0) is 4.79 Å². The summed E-state index contributed by atoms with van der Waals surface area (Å²) in [5, 5.41) is 3.16. The third-order valence-corrected chi connectivity index (χ3v) is 1.63. The fourth-order valence-corrected chi connectivity index (χ4v) is 0.822. The average molecular weight is 256 g/mol. The van der Waals surface area contributed by atoms with E-state index in [-0.39, 0.29) is 64.1 Å². The van der Waals surface area contributed by atoms with Gasteiger partial charge in [-0.2, -0.15) is 6.42 Å². The summed E-state index contributed by atoms with van der Waals surface area (Å²) in [4.78, 5) is 11.1. The molecule has 0 aliphatic carbocycles. The molecule has 0 amide bonds. The quantitative estimate of drug-likeness (QED) is 0.495. The first kappa shape index (κ1) is 16.9. The molecule has 1 N–H and O–H groups in total. The molecule has 0 aromatic carbocycles. The molecule has 2 nitrogen and oxygen atoms in total. The van der Waals surface area contributed by atoms with Gasteiger partial charge in [0.15, 0.2) is 0 Å². The summed E-state index contributed by atoms with van der Waals surface area (Å²) in [6, 6.07) is 0.471. The first-order chi connectivity index (χ1) is 5.54. The van der Waals surface area contributed by atoms with Gasteiger partial charge >= 0.3 is 58.2 Å². The largest absolute Gasteiger partial charge is 1.00 e. The second kappa shape index (κ2) is 9.97. The van der Waals surface area contributed by atoms with Crippen LogP contribution in [0.25, 0.3) is 0 Å². The van der Waals surface area contributed by atoms with Crippen LogP contribution in [-0.4, -0.2) is 11.8 Å². The number of carbonyl (C=O) groups is 1. The van der Waals surface area contributed by atoms with Crippen LogP contribution in [0.1, 0.15) is 40.5 Å². The van der Waals surface area contributed by atoms with E-state index in [1.807, 2.05) is 20.4 Å². The summed E-state index contributed by atoms with van der Waals surface area (Å²) in [5.41, 5.74) is 0. The van der Waals surface area contributed by atoms with Gasteiger partial charge in [-0.25, -0.2) is 0 Å². The first-order valence-electron chi connectivity index (χ1n) is 4.64. The SMILES string of the molecule is CC(C)N[CH-]CCC(=O)C(C)C.[Rb+]. The molecule has 0 bridgehead atoms. The number of ketones is 1. The van der Waals surface area contributed by atoms with E-state index in [9.17, 15) is 4.79 Å². The zero-order chi connectivity index (χ0) is 9.56. The second-order valence-electron chi connectivity index (χ2n) is 3.69. The van der Waals surface area contributed by atoms with Gasteiger partial charge in [0.2, 0.25) is 0 Å². The molecule has 0 saturated heterocycles. The Morgan fingerprint density at radius 3 is 2.23 bits per heavy atom. The van der Waals surface area contributed by atoms with Crippen LogP contribution in [0.15, 0.2) is 0 Å². The molecule has 72 valence electrons. The van der Waals surface area contributed by atoms with Crippen molar-refractivity contribution in [3.05, 3.63) is 6.54 Å². The van der Waals surface area contributed by atoms with Crippen LogP contribution in [0.2, 0.25) is 0 Å². The summed E-state index contributed by atoms with van der Waals surface area (Å²) in [6.07, 6.45) is 1.51. The van der Waals surface area contributed by atoms with Crippen LogP contribution >= 0.6 is 0 Å². The topological polar surface area (TPSA) is 29.1 Å². The molecular weight excluding hydrogens is 236 g/mol. The number of hydrogen-bond acceptors (Lipinski definition) is 2. The van der Waals surface area contributed by atoms with E-state index in [2.05, 4.69) is 19.2 Å². The first-order valence-corrected chi connectivity index (χ1v) is 4.64. The van der Waals surface area contributed by atoms with E-state index in [0.717, 1.165) is 6.42 Å². The van der Waals surface area contributed by atoms with E-state index in [1.165, 1.54) is 0 Å². The van der Waals surface area contributed by atoms with Crippen molar-refractivity contribution in [3.8, 4) is 0 Å². The monoisotopic (exact) mass is 255 g/mol. The Balaban J connectivity index is 0. The maximum absolute atomic E-state index is 11.1. The Hall–Kier alpha value is 1.44. The minimum atomic E-state index is 0. The molecule has 0 spiro atoms. The Kier molecular flexibility index (Phi) is 12.9. The Labute approximate surface area is 131 Å². The third kappa shape index (κ3) is 11.4. The molecule has 0 unspecified atom stereocenters. The van der Waals surface area contributed by atoms with Crippen molar-refractivity contribution >= 4 is 5.78 Å². The molecule has 13 heavy (non-hydrogen) atoms. The van der Waals surface area contributed by atoms with Crippen LogP contribution < -0.4 is 63.5 Å². The maximum atomic E-state index is 11.1. The molecular formula is C10H20NORb. The van der Waals surface area contributed by atoms with Gasteiger partial charge in [-0.1, -0.05) is 27.7 Å². The third-order valence-electron chi connectivity index (χ3n) is 1.63. The normalized spacial score (nSPS) is 10.3. The summed E-state index contributed by atoms with van der Waals surface area (Å²) in [7, 11) is 0. The number of hydrogen-bond donors (Lipinski definition) is 1. The maximum Gasteiger partial charge on any atom is 1.00 e. The summed E-state index contributed by atoms with van der Waals surface area (Å²) in [6.45, 7) is 10.0. The minimum Gasteiger partial charge on any atom is -0.468 e. The van der Waals surface area contributed by atoms with Crippen molar-refractivity contribution in [1.82, 2.24) is 5.32 Å². The van der Waals surface area contributed by atoms with E-state index < -0.39 is 0 Å². The zero-order valence-electron chi connectivity index (χ0n) is 9.55. The standard InChI is InChI=1S/C10H20NO.Rb/c1-8(2)10(12)6-5-7-11-9(3)4;/h7-9,11H,5-6H2,1-4H3;/q-1;+1. The average Bonchev–Trinajstić information content (AvgIpc) is 1.97. The van der Waals surface area contributed by atoms with E-state index >= 15 is 0 Å². The molecule has 0 aromatic heterocycles. The molecule has 0 saturated carbocycles. The van der Waals surface area contributed by atoms with Gasteiger partial charge in [-0.15, -0.1) is 0 Å². The summed E-state index contributed by atoms with van der Waals surface area (Å²) in [5.74, 6) is 0.522. The molecule has 0 rings (SSSR count). The Morgan fingerprint density at radius 2 is 1.85 bits per heavy atom. The van der Waals surface area contributed by atoms with Gasteiger partial charge in [0.05, 0.1) is 0 Å². The molecule has 0 atom stereocenters. The zero-order valence-corrected chi connectivity index (χ0v) is 14.5. The number of nitrogens with one attached hydrogen (secondary N) is 1. The number of Topliss-reactive ketones (excluding diaryl/α,β-unsaturated/α-hetero) is 1. The molecule has 0 radical (unpaired) electrons. The van der Waals surface area contributed by atoms with Gasteiger partial charge in [0.25, 0.3) is 0 Å². The van der Waals surface area contributed by atoms with Gasteiger partial charge in [-0.3, -0.25) is 11.3 Å². The van der Waals surface area contributed by atoms with Crippen LogP contribution in [0.4, 0.5) is 0 Å². The van der Waals surface area contributed by atoms with Crippen molar-refractivity contribution in [2.75, 3.05) is 0 Å². The van der Waals surface area contributed by atoms with Gasteiger partial charge in [0.1, 0.15) is 5.78 Å². The Morgan fingerprint density at radius 1 is 1.31 bits per heavy atom. The number of rotatable bonds is 6. The Bertz CT molecular complexity index is 135. The van der Waals surface area contributed by atoms with Crippen LogP contribution in [0.3, 0.4) is 0 Å². The van der Waals surface area contributed by atoms with Crippen molar-refractivity contribution in [2.45, 2.75) is 46.6 Å². The smallest absolute Gasteiger partial charge is 0.468 e. The van der Waals surface area contributed by atoms with Crippen molar-refractivity contribution in [1.29, 1.82) is 0 Å². The second-order valence-corrected chi connectivity index (χ2v) is 3.69. The van der Waals surface area contributed by atoms with Crippen molar-refractivity contribution in [2.24, 2.45) is 5.92 Å². The van der Waals surface area contributed by atoms with Crippen molar-refractivity contribution < 1.29 is 63.0 Å². The fourth-order valence-electron chi connectivity index (χ4n) is 0.822. The van der Waals surface area contributed by atoms with E-state index in [0.29, 0.717) is 18.2 Å². The number of carbonyl (C=O) groups excluding carboxylic acids is 1. The molecule has 0 aromatic rings. The predicted molar refractivity (Wildman–Crippen MR) is 51.7 cm³/mol. The minimum absolute atomic E-state index is 0. The van der Waals surface area contributed by atoms with Crippen LogP contribution in [0.5, 0.6) is 0 Å². The van der Waals surface area contributed by atoms with Gasteiger partial charge in [0, 0.05) is 5.92 Å². The van der Waals surface area contributed by atoms with E-state index in [4.69, 9.17) is 0 Å². The molecule has 0 aliphatic rings. The van der Waals surface area contributed by atoms with Gasteiger partial charge < -0.3 is 5.32 Å². The predicted octanol–water partition coefficient (Wildman–Crippen LogP) is -0.845. The van der Waals surface area contributed by atoms with E-state index in [1.54, 1.807) is 0 Å². The van der Waals surface area contributed by atoms with Gasteiger partial charge in [-0.05, 0) is 12.5 Å². The fraction of sp³-hybridized carbons (Fsp3) is 0.800. The van der Waals surface area contributed by atoms with Crippen molar-refractivity contribution in [3.63, 3.8) is 0 Å². The molecule has 0 fully saturated rings. The molecule has 0 heterocycles. The summed E-state index contributed by atoms with van der Waals surface area (Å²) >= 11 is 0.